The Bertz CT molecular complexity index is 1480. The molecule has 6 rings (SSSR count). The number of amides is 1. The van der Waals surface area contributed by atoms with E-state index < -0.39 is 8.07 Å². The SMILES string of the molecule is Cc1c2c(nn1COCC[Si](C)(C)C)C(NC(=O)c1cn(Cc3cn4cc(C5CC5)ccc4n3)nn1)CC2. The van der Waals surface area contributed by atoms with Gasteiger partial charge in [0.25, 0.3) is 5.91 Å². The largest absolute Gasteiger partial charge is 0.360 e. The smallest absolute Gasteiger partial charge is 0.274 e. The van der Waals surface area contributed by atoms with Crippen LogP contribution in [0.25, 0.3) is 5.65 Å². The average Bonchev–Trinajstić information content (AvgIpc) is 3.17. The highest BCUT2D eigenvalue weighted by Gasteiger charge is 2.31. The summed E-state index contributed by atoms with van der Waals surface area (Å²) in [5.74, 6) is 0.458. The second kappa shape index (κ2) is 9.77. The highest BCUT2D eigenvalue weighted by molar-refractivity contribution is 6.76. The van der Waals surface area contributed by atoms with Crippen molar-refractivity contribution in [1.29, 1.82) is 0 Å². The Balaban J connectivity index is 1.07. The van der Waals surface area contributed by atoms with Crippen molar-refractivity contribution in [3.8, 4) is 0 Å². The van der Waals surface area contributed by atoms with Crippen molar-refractivity contribution in [1.82, 2.24) is 39.5 Å². The molecule has 10 nitrogen and oxygen atoms in total. The molecular formula is C27H36N8O2Si. The van der Waals surface area contributed by atoms with Gasteiger partial charge in [-0.2, -0.15) is 5.10 Å². The van der Waals surface area contributed by atoms with Crippen molar-refractivity contribution in [2.75, 3.05) is 6.61 Å². The number of hydrogen-bond acceptors (Lipinski definition) is 6. The number of fused-ring (bicyclic) bond motifs is 2. The van der Waals surface area contributed by atoms with Gasteiger partial charge < -0.3 is 14.5 Å². The van der Waals surface area contributed by atoms with Gasteiger partial charge in [0.15, 0.2) is 5.69 Å². The lowest BCUT2D eigenvalue weighted by molar-refractivity contribution is 0.0764. The Labute approximate surface area is 223 Å². The van der Waals surface area contributed by atoms with Gasteiger partial charge in [-0.25, -0.2) is 14.3 Å². The molecule has 1 fully saturated rings. The summed E-state index contributed by atoms with van der Waals surface area (Å²) < 4.78 is 11.6. The van der Waals surface area contributed by atoms with E-state index in [0.29, 0.717) is 24.9 Å². The lowest BCUT2D eigenvalue weighted by Gasteiger charge is -2.16. The van der Waals surface area contributed by atoms with Crippen LogP contribution in [0.1, 0.15) is 69.9 Å². The Morgan fingerprint density at radius 1 is 1.16 bits per heavy atom. The minimum Gasteiger partial charge on any atom is -0.360 e. The molecule has 4 aromatic rings. The van der Waals surface area contributed by atoms with Crippen LogP contribution in [0.5, 0.6) is 0 Å². The summed E-state index contributed by atoms with van der Waals surface area (Å²) >= 11 is 0. The lowest BCUT2D eigenvalue weighted by atomic mass is 10.2. The van der Waals surface area contributed by atoms with Crippen LogP contribution in [0, 0.1) is 6.92 Å². The monoisotopic (exact) mass is 532 g/mol. The summed E-state index contributed by atoms with van der Waals surface area (Å²) in [5.41, 5.74) is 6.72. The maximum absolute atomic E-state index is 13.0. The summed E-state index contributed by atoms with van der Waals surface area (Å²) in [4.78, 5) is 17.7. The normalized spacial score (nSPS) is 17.3. The number of aromatic nitrogens is 7. The van der Waals surface area contributed by atoms with Crippen LogP contribution in [0.4, 0.5) is 0 Å². The van der Waals surface area contributed by atoms with Gasteiger partial charge in [0.05, 0.1) is 30.2 Å². The molecule has 0 saturated heterocycles. The number of imidazole rings is 1. The predicted molar refractivity (Wildman–Crippen MR) is 146 cm³/mol. The first-order chi connectivity index (χ1) is 18.2. The fraction of sp³-hybridized carbons (Fsp3) is 0.519. The van der Waals surface area contributed by atoms with E-state index in [1.807, 2.05) is 10.9 Å². The van der Waals surface area contributed by atoms with Gasteiger partial charge in [-0.3, -0.25) is 4.79 Å². The molecule has 0 aliphatic heterocycles. The molecule has 0 spiro atoms. The molecule has 2 aliphatic rings. The van der Waals surface area contributed by atoms with Crippen molar-refractivity contribution < 1.29 is 9.53 Å². The van der Waals surface area contributed by atoms with Crippen LogP contribution < -0.4 is 5.32 Å². The molecule has 1 amide bonds. The van der Waals surface area contributed by atoms with Crippen molar-refractivity contribution >= 4 is 19.6 Å². The van der Waals surface area contributed by atoms with Crippen LogP contribution in [-0.2, 0) is 24.4 Å². The third kappa shape index (κ3) is 5.30. The highest BCUT2D eigenvalue weighted by Crippen LogP contribution is 2.40. The molecule has 4 heterocycles. The van der Waals surface area contributed by atoms with Crippen LogP contribution in [0.2, 0.25) is 25.7 Å². The number of carbonyl (C=O) groups is 1. The van der Waals surface area contributed by atoms with E-state index in [-0.39, 0.29) is 11.9 Å². The Kier molecular flexibility index (Phi) is 6.43. The number of nitrogens with zero attached hydrogens (tertiary/aromatic N) is 7. The first-order valence-corrected chi connectivity index (χ1v) is 17.3. The summed E-state index contributed by atoms with van der Waals surface area (Å²) in [6.45, 7) is 10.8. The molecule has 1 N–H and O–H groups in total. The van der Waals surface area contributed by atoms with Gasteiger partial charge in [0.1, 0.15) is 12.4 Å². The summed E-state index contributed by atoms with van der Waals surface area (Å²) in [6, 6.07) is 5.23. The van der Waals surface area contributed by atoms with Gasteiger partial charge in [0.2, 0.25) is 0 Å². The van der Waals surface area contributed by atoms with Gasteiger partial charge >= 0.3 is 0 Å². The summed E-state index contributed by atoms with van der Waals surface area (Å²) in [7, 11) is -1.12. The zero-order valence-corrected chi connectivity index (χ0v) is 23.6. The van der Waals surface area contributed by atoms with Gasteiger partial charge in [-0.1, -0.05) is 30.9 Å². The zero-order valence-electron chi connectivity index (χ0n) is 22.6. The van der Waals surface area contributed by atoms with Crippen molar-refractivity contribution in [2.45, 2.75) is 83.5 Å². The topological polar surface area (TPSA) is 104 Å². The number of hydrogen-bond donors (Lipinski definition) is 1. The molecule has 200 valence electrons. The molecule has 4 aromatic heterocycles. The molecular weight excluding hydrogens is 496 g/mol. The minimum atomic E-state index is -1.12. The maximum Gasteiger partial charge on any atom is 0.274 e. The van der Waals surface area contributed by atoms with Crippen LogP contribution in [-0.4, -0.2) is 54.7 Å². The minimum absolute atomic E-state index is 0.135. The third-order valence-corrected chi connectivity index (χ3v) is 9.26. The number of pyridine rings is 1. The predicted octanol–water partition coefficient (Wildman–Crippen LogP) is 4.09. The Morgan fingerprint density at radius 3 is 2.79 bits per heavy atom. The van der Waals surface area contributed by atoms with E-state index in [0.717, 1.165) is 48.2 Å². The summed E-state index contributed by atoms with van der Waals surface area (Å²) in [6.07, 6.45) is 10.1. The van der Waals surface area contributed by atoms with Crippen molar-refractivity contribution in [3.05, 3.63) is 64.6 Å². The van der Waals surface area contributed by atoms with Crippen LogP contribution in [0.15, 0.2) is 30.7 Å². The molecule has 38 heavy (non-hydrogen) atoms. The second-order valence-electron chi connectivity index (χ2n) is 11.9. The quantitative estimate of drug-likeness (QED) is 0.244. The maximum atomic E-state index is 13.0. The van der Waals surface area contributed by atoms with E-state index >= 15 is 0 Å². The molecule has 1 atom stereocenters. The van der Waals surface area contributed by atoms with E-state index in [9.17, 15) is 4.79 Å². The van der Waals surface area contributed by atoms with Crippen molar-refractivity contribution in [2.24, 2.45) is 0 Å². The fourth-order valence-electron chi connectivity index (χ4n) is 5.09. The van der Waals surface area contributed by atoms with E-state index in [4.69, 9.17) is 14.8 Å². The van der Waals surface area contributed by atoms with Gasteiger partial charge in [-0.15, -0.1) is 5.10 Å². The van der Waals surface area contributed by atoms with Crippen LogP contribution >= 0.6 is 0 Å². The lowest BCUT2D eigenvalue weighted by Crippen LogP contribution is -2.28. The van der Waals surface area contributed by atoms with Crippen molar-refractivity contribution in [3.63, 3.8) is 0 Å². The molecule has 0 aromatic carbocycles. The first kappa shape index (κ1) is 25.0. The standard InChI is InChI=1S/C27H36N8O2Si/c1-18-22-8-9-23(26(22)31-35(18)17-37-11-12-38(2,3)4)29-27(36)24-16-34(32-30-24)15-21-14-33-13-20(19-5-6-19)7-10-25(33)28-21/h7,10,13-14,16,19,23H,5-6,8-9,11-12,15,17H2,1-4H3,(H,29,36). The molecule has 0 bridgehead atoms. The molecule has 11 heteroatoms. The Morgan fingerprint density at radius 2 is 2.00 bits per heavy atom. The number of carbonyl (C=O) groups excluding carboxylic acids is 1. The average molecular weight is 533 g/mol. The van der Waals surface area contributed by atoms with E-state index in [1.165, 1.54) is 24.0 Å². The second-order valence-corrected chi connectivity index (χ2v) is 17.5. The van der Waals surface area contributed by atoms with Gasteiger partial charge in [-0.05, 0) is 61.8 Å². The number of nitrogens with one attached hydrogen (secondary N) is 1. The molecule has 1 saturated carbocycles. The fourth-order valence-corrected chi connectivity index (χ4v) is 5.85. The summed E-state index contributed by atoms with van der Waals surface area (Å²) in [5, 5.41) is 16.2. The third-order valence-electron chi connectivity index (χ3n) is 7.56. The number of rotatable bonds is 10. The zero-order chi connectivity index (χ0) is 26.4. The number of ether oxygens (including phenoxy) is 1. The molecule has 2 aliphatic carbocycles. The molecule has 0 radical (unpaired) electrons. The van der Waals surface area contributed by atoms with Gasteiger partial charge in [0, 0.05) is 32.8 Å². The Hall–Kier alpha value is -3.31. The van der Waals surface area contributed by atoms with Crippen LogP contribution in [0.3, 0.4) is 0 Å². The van der Waals surface area contributed by atoms with E-state index in [2.05, 4.69) is 64.9 Å². The van der Waals surface area contributed by atoms with E-state index in [1.54, 1.807) is 10.9 Å². The highest BCUT2D eigenvalue weighted by atomic mass is 28.3. The molecule has 1 unspecified atom stereocenters. The first-order valence-electron chi connectivity index (χ1n) is 13.6.